The lowest BCUT2D eigenvalue weighted by Crippen LogP contribution is -1.93. The first-order valence-corrected chi connectivity index (χ1v) is 3.58. The van der Waals surface area contributed by atoms with E-state index < -0.39 is 0 Å². The molecule has 0 saturated carbocycles. The van der Waals surface area contributed by atoms with E-state index in [4.69, 9.17) is 5.26 Å². The van der Waals surface area contributed by atoms with E-state index in [1.807, 2.05) is 0 Å². The van der Waals surface area contributed by atoms with Gasteiger partial charge < -0.3 is 0 Å². The molecule has 1 aromatic rings. The quantitative estimate of drug-likeness (QED) is 0.616. The summed E-state index contributed by atoms with van der Waals surface area (Å²) in [7, 11) is 0. The molecule has 3 heteroatoms. The van der Waals surface area contributed by atoms with E-state index in [0.29, 0.717) is 12.0 Å². The minimum Gasteiger partial charge on any atom is -0.296 e. The molecule has 0 saturated heterocycles. The van der Waals surface area contributed by atoms with Crippen molar-refractivity contribution in [3.63, 3.8) is 0 Å². The first-order chi connectivity index (χ1) is 5.77. The highest BCUT2D eigenvalue weighted by Gasteiger charge is 2.03. The molecular weight excluding hydrogens is 152 g/mol. The molecule has 0 aliphatic carbocycles. The number of rotatable bonds is 2. The highest BCUT2D eigenvalue weighted by Crippen LogP contribution is 2.12. The lowest BCUT2D eigenvalue weighted by atomic mass is 10.0. The van der Waals surface area contributed by atoms with Crippen molar-refractivity contribution in [2.24, 2.45) is 0 Å². The number of hydrogen-bond acceptors (Lipinski definition) is 3. The molecule has 1 aromatic heterocycles. The van der Waals surface area contributed by atoms with Gasteiger partial charge in [-0.3, -0.25) is 9.78 Å². The fourth-order valence-electron chi connectivity index (χ4n) is 0.874. The van der Waals surface area contributed by atoms with Crippen LogP contribution in [0.15, 0.2) is 18.3 Å². The number of pyridine rings is 1. The van der Waals surface area contributed by atoms with Crippen LogP contribution in [-0.4, -0.2) is 11.3 Å². The Morgan fingerprint density at radius 1 is 1.75 bits per heavy atom. The number of hydrogen-bond donors (Lipinski definition) is 0. The highest BCUT2D eigenvalue weighted by atomic mass is 16.1. The summed E-state index contributed by atoms with van der Waals surface area (Å²) in [5.41, 5.74) is 1.20. The Labute approximate surface area is 70.7 Å². The summed E-state index contributed by atoms with van der Waals surface area (Å²) in [5, 5.41) is 8.59. The molecule has 0 aromatic carbocycles. The second-order valence-electron chi connectivity index (χ2n) is 2.48. The van der Waals surface area contributed by atoms with Crippen LogP contribution in [0.3, 0.4) is 0 Å². The van der Waals surface area contributed by atoms with E-state index in [1.165, 1.54) is 6.20 Å². The van der Waals surface area contributed by atoms with Crippen LogP contribution in [0.1, 0.15) is 28.9 Å². The van der Waals surface area contributed by atoms with Crippen LogP contribution in [0.25, 0.3) is 0 Å². The fraction of sp³-hybridized carbons (Fsp3) is 0.222. The zero-order chi connectivity index (χ0) is 8.97. The third-order valence-electron chi connectivity index (χ3n) is 1.62. The summed E-state index contributed by atoms with van der Waals surface area (Å²) in [6.07, 6.45) is 2.21. The molecule has 60 valence electrons. The Kier molecular flexibility index (Phi) is 2.54. The Morgan fingerprint density at radius 3 is 3.08 bits per heavy atom. The van der Waals surface area contributed by atoms with Crippen LogP contribution in [0, 0.1) is 11.3 Å². The number of nitriles is 1. The predicted molar refractivity (Wildman–Crippen MR) is 43.7 cm³/mol. The van der Waals surface area contributed by atoms with Gasteiger partial charge in [0.25, 0.3) is 0 Å². The molecule has 1 atom stereocenters. The van der Waals surface area contributed by atoms with E-state index >= 15 is 0 Å². The topological polar surface area (TPSA) is 53.8 Å². The molecule has 0 fully saturated rings. The van der Waals surface area contributed by atoms with Gasteiger partial charge in [0.2, 0.25) is 0 Å². The van der Waals surface area contributed by atoms with Crippen molar-refractivity contribution < 1.29 is 4.79 Å². The van der Waals surface area contributed by atoms with Gasteiger partial charge >= 0.3 is 0 Å². The largest absolute Gasteiger partial charge is 0.296 e. The summed E-state index contributed by atoms with van der Waals surface area (Å²) in [5.74, 6) is -0.188. The molecule has 0 bridgehead atoms. The second kappa shape index (κ2) is 3.63. The SMILES string of the molecule is CC(C#N)c1ccnc(C=O)c1. The minimum atomic E-state index is -0.188. The third kappa shape index (κ3) is 1.67. The van der Waals surface area contributed by atoms with Crippen LogP contribution in [0.2, 0.25) is 0 Å². The van der Waals surface area contributed by atoms with Gasteiger partial charge in [0.1, 0.15) is 5.69 Å². The van der Waals surface area contributed by atoms with Crippen molar-refractivity contribution in [1.82, 2.24) is 4.98 Å². The minimum absolute atomic E-state index is 0.188. The van der Waals surface area contributed by atoms with E-state index in [0.717, 1.165) is 5.56 Å². The van der Waals surface area contributed by atoms with Gasteiger partial charge in [0.05, 0.1) is 12.0 Å². The van der Waals surface area contributed by atoms with E-state index in [2.05, 4.69) is 11.1 Å². The van der Waals surface area contributed by atoms with E-state index in [1.54, 1.807) is 19.1 Å². The first-order valence-electron chi connectivity index (χ1n) is 3.58. The zero-order valence-electron chi connectivity index (χ0n) is 6.69. The average molecular weight is 160 g/mol. The molecule has 0 aliphatic heterocycles. The van der Waals surface area contributed by atoms with Crippen molar-refractivity contribution in [2.75, 3.05) is 0 Å². The Hall–Kier alpha value is -1.69. The van der Waals surface area contributed by atoms with Crippen molar-refractivity contribution >= 4 is 6.29 Å². The number of nitrogens with zero attached hydrogens (tertiary/aromatic N) is 2. The van der Waals surface area contributed by atoms with Crippen molar-refractivity contribution in [2.45, 2.75) is 12.8 Å². The Balaban J connectivity index is 3.03. The maximum absolute atomic E-state index is 10.3. The van der Waals surface area contributed by atoms with Crippen LogP contribution >= 0.6 is 0 Å². The zero-order valence-corrected chi connectivity index (χ0v) is 6.69. The smallest absolute Gasteiger partial charge is 0.168 e. The molecule has 12 heavy (non-hydrogen) atoms. The number of carbonyl (C=O) groups is 1. The van der Waals surface area contributed by atoms with E-state index in [9.17, 15) is 4.79 Å². The lowest BCUT2D eigenvalue weighted by Gasteiger charge is -2.01. The van der Waals surface area contributed by atoms with Gasteiger partial charge in [-0.15, -0.1) is 0 Å². The van der Waals surface area contributed by atoms with Gasteiger partial charge in [-0.1, -0.05) is 0 Å². The average Bonchev–Trinajstić information content (AvgIpc) is 2.17. The van der Waals surface area contributed by atoms with Gasteiger partial charge in [-0.2, -0.15) is 5.26 Å². The molecule has 3 nitrogen and oxygen atoms in total. The number of aldehydes is 1. The molecule has 0 aliphatic rings. The molecule has 0 N–H and O–H groups in total. The molecule has 0 amide bonds. The van der Waals surface area contributed by atoms with Crippen LogP contribution in [-0.2, 0) is 0 Å². The van der Waals surface area contributed by atoms with Crippen LogP contribution in [0.4, 0.5) is 0 Å². The summed E-state index contributed by atoms with van der Waals surface area (Å²) >= 11 is 0. The summed E-state index contributed by atoms with van der Waals surface area (Å²) < 4.78 is 0. The van der Waals surface area contributed by atoms with Crippen molar-refractivity contribution in [3.8, 4) is 6.07 Å². The molecular formula is C9H8N2O. The van der Waals surface area contributed by atoms with Crippen LogP contribution < -0.4 is 0 Å². The predicted octanol–water partition coefficient (Wildman–Crippen LogP) is 1.52. The van der Waals surface area contributed by atoms with Gasteiger partial charge in [0.15, 0.2) is 6.29 Å². The summed E-state index contributed by atoms with van der Waals surface area (Å²) in [6, 6.07) is 5.45. The molecule has 0 spiro atoms. The fourth-order valence-corrected chi connectivity index (χ4v) is 0.874. The highest BCUT2D eigenvalue weighted by molar-refractivity contribution is 5.71. The second-order valence-corrected chi connectivity index (χ2v) is 2.48. The van der Waals surface area contributed by atoms with Crippen molar-refractivity contribution in [1.29, 1.82) is 5.26 Å². The van der Waals surface area contributed by atoms with Gasteiger partial charge in [-0.25, -0.2) is 0 Å². The molecule has 1 rings (SSSR count). The molecule has 1 unspecified atom stereocenters. The van der Waals surface area contributed by atoms with Gasteiger partial charge in [-0.05, 0) is 24.6 Å². The third-order valence-corrected chi connectivity index (χ3v) is 1.62. The number of carbonyl (C=O) groups excluding carboxylic acids is 1. The Bertz CT molecular complexity index is 328. The maximum atomic E-state index is 10.3. The summed E-state index contributed by atoms with van der Waals surface area (Å²) in [4.78, 5) is 14.1. The monoisotopic (exact) mass is 160 g/mol. The maximum Gasteiger partial charge on any atom is 0.168 e. The summed E-state index contributed by atoms with van der Waals surface area (Å²) in [6.45, 7) is 1.78. The Morgan fingerprint density at radius 2 is 2.50 bits per heavy atom. The number of aromatic nitrogens is 1. The lowest BCUT2D eigenvalue weighted by molar-refractivity contribution is 0.111. The van der Waals surface area contributed by atoms with Crippen LogP contribution in [0.5, 0.6) is 0 Å². The standard InChI is InChI=1S/C9H8N2O/c1-7(5-10)8-2-3-11-9(4-8)6-12/h2-4,6-7H,1H3. The van der Waals surface area contributed by atoms with E-state index in [-0.39, 0.29) is 5.92 Å². The molecule has 1 heterocycles. The first kappa shape index (κ1) is 8.41. The van der Waals surface area contributed by atoms with Gasteiger partial charge in [0, 0.05) is 6.20 Å². The molecule has 0 radical (unpaired) electrons. The normalized spacial score (nSPS) is 11.7. The van der Waals surface area contributed by atoms with Crippen molar-refractivity contribution in [3.05, 3.63) is 29.6 Å².